The van der Waals surface area contributed by atoms with Crippen LogP contribution in [-0.4, -0.2) is 11.1 Å². The summed E-state index contributed by atoms with van der Waals surface area (Å²) in [5.74, 6) is 0.107. The molecule has 0 heterocycles. The summed E-state index contributed by atoms with van der Waals surface area (Å²) in [6, 6.07) is 12.6. The van der Waals surface area contributed by atoms with Crippen LogP contribution in [0.4, 0.5) is 10.1 Å². The van der Waals surface area contributed by atoms with Crippen LogP contribution in [0.15, 0.2) is 42.5 Å². The zero-order chi connectivity index (χ0) is 14.5. The summed E-state index contributed by atoms with van der Waals surface area (Å²) >= 11 is 0. The van der Waals surface area contributed by atoms with Gasteiger partial charge in [0.25, 0.3) is 0 Å². The van der Waals surface area contributed by atoms with Gasteiger partial charge >= 0.3 is 0 Å². The molecule has 2 nitrogen and oxygen atoms in total. The largest absolute Gasteiger partial charge is 0.508 e. The molecule has 20 heavy (non-hydrogen) atoms. The molecule has 0 aromatic heterocycles. The summed E-state index contributed by atoms with van der Waals surface area (Å²) in [5.41, 5.74) is 2.69. The van der Waals surface area contributed by atoms with E-state index >= 15 is 0 Å². The van der Waals surface area contributed by atoms with Crippen molar-refractivity contribution in [3.8, 4) is 5.75 Å². The maximum atomic E-state index is 13.5. The summed E-state index contributed by atoms with van der Waals surface area (Å²) in [4.78, 5) is 0. The van der Waals surface area contributed by atoms with E-state index in [-0.39, 0.29) is 17.6 Å². The Morgan fingerprint density at radius 3 is 2.55 bits per heavy atom. The summed E-state index contributed by atoms with van der Waals surface area (Å²) in [7, 11) is 0. The average Bonchev–Trinajstić information content (AvgIpc) is 2.43. The average molecular weight is 273 g/mol. The highest BCUT2D eigenvalue weighted by molar-refractivity contribution is 5.51. The van der Waals surface area contributed by atoms with E-state index in [2.05, 4.69) is 12.2 Å². The van der Waals surface area contributed by atoms with Crippen LogP contribution in [0.5, 0.6) is 5.75 Å². The first-order valence-corrected chi connectivity index (χ1v) is 6.86. The van der Waals surface area contributed by atoms with E-state index in [1.165, 1.54) is 11.6 Å². The normalized spacial score (nSPS) is 12.2. The fourth-order valence-electron chi connectivity index (χ4n) is 2.15. The van der Waals surface area contributed by atoms with Gasteiger partial charge in [0.15, 0.2) is 0 Å². The number of aryl methyl sites for hydroxylation is 1. The van der Waals surface area contributed by atoms with Crippen molar-refractivity contribution >= 4 is 5.69 Å². The van der Waals surface area contributed by atoms with E-state index in [1.807, 2.05) is 18.2 Å². The number of nitrogens with one attached hydrogen (secondary N) is 1. The number of halogens is 1. The quantitative estimate of drug-likeness (QED) is 0.852. The van der Waals surface area contributed by atoms with Gasteiger partial charge in [-0.05, 0) is 56.5 Å². The predicted octanol–water partition coefficient (Wildman–Crippen LogP) is 4.27. The van der Waals surface area contributed by atoms with E-state index in [0.29, 0.717) is 5.56 Å². The van der Waals surface area contributed by atoms with Gasteiger partial charge in [-0.1, -0.05) is 18.2 Å². The fourth-order valence-corrected chi connectivity index (χ4v) is 2.15. The second-order valence-electron chi connectivity index (χ2n) is 5.16. The van der Waals surface area contributed by atoms with Gasteiger partial charge in [0.2, 0.25) is 0 Å². The number of rotatable bonds is 5. The highest BCUT2D eigenvalue weighted by Crippen LogP contribution is 2.19. The fraction of sp³-hybridized carbons (Fsp3) is 0.294. The Balaban J connectivity index is 1.91. The lowest BCUT2D eigenvalue weighted by Crippen LogP contribution is -2.17. The molecule has 2 N–H and O–H groups in total. The molecule has 1 atom stereocenters. The minimum atomic E-state index is -0.180. The lowest BCUT2D eigenvalue weighted by Gasteiger charge is -2.17. The Labute approximate surface area is 119 Å². The van der Waals surface area contributed by atoms with Crippen LogP contribution >= 0.6 is 0 Å². The minimum Gasteiger partial charge on any atom is -0.508 e. The number of phenols is 1. The van der Waals surface area contributed by atoms with Crippen molar-refractivity contribution in [1.82, 2.24) is 0 Å². The maximum absolute atomic E-state index is 13.5. The van der Waals surface area contributed by atoms with E-state index < -0.39 is 0 Å². The summed E-state index contributed by atoms with van der Waals surface area (Å²) < 4.78 is 13.5. The molecule has 0 aliphatic heterocycles. The lowest BCUT2D eigenvalue weighted by molar-refractivity contribution is 0.475. The zero-order valence-electron chi connectivity index (χ0n) is 11.9. The molecular weight excluding hydrogens is 253 g/mol. The van der Waals surface area contributed by atoms with Crippen LogP contribution in [-0.2, 0) is 6.42 Å². The molecule has 0 bridgehead atoms. The standard InChI is InChI=1S/C17H20FNO/c1-12(6-7-14-8-10-15(20)11-9-14)19-17-5-3-4-16(18)13(17)2/h3-5,8-12,19-20H,6-7H2,1-2H3. The summed E-state index contributed by atoms with van der Waals surface area (Å²) in [6.45, 7) is 3.87. The Kier molecular flexibility index (Phi) is 4.61. The molecule has 0 aliphatic rings. The van der Waals surface area contributed by atoms with Crippen LogP contribution in [0.1, 0.15) is 24.5 Å². The monoisotopic (exact) mass is 273 g/mol. The molecule has 0 saturated carbocycles. The van der Waals surface area contributed by atoms with Crippen molar-refractivity contribution in [2.75, 3.05) is 5.32 Å². The van der Waals surface area contributed by atoms with Gasteiger partial charge in [-0.2, -0.15) is 0 Å². The first-order valence-electron chi connectivity index (χ1n) is 6.86. The minimum absolute atomic E-state index is 0.180. The summed E-state index contributed by atoms with van der Waals surface area (Å²) in [6.07, 6.45) is 1.86. The van der Waals surface area contributed by atoms with E-state index in [0.717, 1.165) is 18.5 Å². The smallest absolute Gasteiger partial charge is 0.128 e. The molecule has 106 valence electrons. The zero-order valence-corrected chi connectivity index (χ0v) is 11.9. The van der Waals surface area contributed by atoms with Gasteiger partial charge in [0.05, 0.1) is 0 Å². The van der Waals surface area contributed by atoms with Crippen molar-refractivity contribution < 1.29 is 9.50 Å². The molecule has 0 fully saturated rings. The van der Waals surface area contributed by atoms with Crippen LogP contribution in [0.2, 0.25) is 0 Å². The molecule has 0 radical (unpaired) electrons. The molecular formula is C17H20FNO. The second-order valence-corrected chi connectivity index (χ2v) is 5.16. The SMILES string of the molecule is Cc1c(F)cccc1NC(C)CCc1ccc(O)cc1. The molecule has 0 amide bonds. The van der Waals surface area contributed by atoms with E-state index in [4.69, 9.17) is 0 Å². The number of hydrogen-bond donors (Lipinski definition) is 2. The first kappa shape index (κ1) is 14.4. The molecule has 2 rings (SSSR count). The Hall–Kier alpha value is -2.03. The Bertz CT molecular complexity index is 566. The summed E-state index contributed by atoms with van der Waals surface area (Å²) in [5, 5.41) is 12.6. The number of phenolic OH excluding ortho intramolecular Hbond substituents is 1. The van der Waals surface area contributed by atoms with Gasteiger partial charge in [-0.15, -0.1) is 0 Å². The van der Waals surface area contributed by atoms with Crippen molar-refractivity contribution in [2.24, 2.45) is 0 Å². The molecule has 0 aliphatic carbocycles. The Morgan fingerprint density at radius 1 is 1.15 bits per heavy atom. The predicted molar refractivity (Wildman–Crippen MR) is 80.6 cm³/mol. The third-order valence-electron chi connectivity index (χ3n) is 3.47. The molecule has 2 aromatic carbocycles. The number of aromatic hydroxyl groups is 1. The molecule has 0 saturated heterocycles. The number of benzene rings is 2. The molecule has 2 aromatic rings. The number of anilines is 1. The van der Waals surface area contributed by atoms with E-state index in [1.54, 1.807) is 25.1 Å². The van der Waals surface area contributed by atoms with Crippen LogP contribution in [0.25, 0.3) is 0 Å². The van der Waals surface area contributed by atoms with Crippen molar-refractivity contribution in [1.29, 1.82) is 0 Å². The van der Waals surface area contributed by atoms with Gasteiger partial charge in [-0.3, -0.25) is 0 Å². The van der Waals surface area contributed by atoms with Gasteiger partial charge in [0.1, 0.15) is 11.6 Å². The van der Waals surface area contributed by atoms with E-state index in [9.17, 15) is 9.50 Å². The first-order chi connectivity index (χ1) is 9.56. The highest BCUT2D eigenvalue weighted by atomic mass is 19.1. The van der Waals surface area contributed by atoms with Crippen molar-refractivity contribution in [3.05, 3.63) is 59.4 Å². The lowest BCUT2D eigenvalue weighted by atomic mass is 10.1. The maximum Gasteiger partial charge on any atom is 0.128 e. The van der Waals surface area contributed by atoms with Gasteiger partial charge < -0.3 is 10.4 Å². The third kappa shape index (κ3) is 3.73. The second kappa shape index (κ2) is 6.42. The molecule has 1 unspecified atom stereocenters. The van der Waals surface area contributed by atoms with Crippen molar-refractivity contribution in [3.63, 3.8) is 0 Å². The molecule has 3 heteroatoms. The van der Waals surface area contributed by atoms with Crippen LogP contribution < -0.4 is 5.32 Å². The van der Waals surface area contributed by atoms with Crippen LogP contribution in [0.3, 0.4) is 0 Å². The van der Waals surface area contributed by atoms with Gasteiger partial charge in [-0.25, -0.2) is 4.39 Å². The third-order valence-corrected chi connectivity index (χ3v) is 3.47. The van der Waals surface area contributed by atoms with Crippen molar-refractivity contribution in [2.45, 2.75) is 32.7 Å². The van der Waals surface area contributed by atoms with Gasteiger partial charge in [0, 0.05) is 17.3 Å². The highest BCUT2D eigenvalue weighted by Gasteiger charge is 2.07. The number of hydrogen-bond acceptors (Lipinski definition) is 2. The molecule has 0 spiro atoms. The van der Waals surface area contributed by atoms with Crippen LogP contribution in [0, 0.1) is 12.7 Å². The topological polar surface area (TPSA) is 32.3 Å². The Morgan fingerprint density at radius 2 is 1.85 bits per heavy atom.